The molecule has 1 amide bonds. The fraction of sp³-hybridized carbons (Fsp3) is 0.417. The van der Waals surface area contributed by atoms with Gasteiger partial charge in [-0.2, -0.15) is 0 Å². The molecule has 0 aliphatic rings. The molecule has 0 aromatic heterocycles. The number of carbonyl (C=O) groups is 1. The maximum absolute atomic E-state index is 11.5. The van der Waals surface area contributed by atoms with Crippen molar-refractivity contribution >= 4 is 5.91 Å². The van der Waals surface area contributed by atoms with E-state index in [-0.39, 0.29) is 5.91 Å². The van der Waals surface area contributed by atoms with Gasteiger partial charge in [0.05, 0.1) is 20.3 Å². The van der Waals surface area contributed by atoms with Crippen molar-refractivity contribution in [2.24, 2.45) is 5.73 Å². The number of nitrogens with two attached hydrogens (primary N) is 1. The minimum atomic E-state index is -0.654. The molecule has 4 N–H and O–H groups in total. The SMILES string of the molecule is CNNC(=O)C(N)Cc1cc(OC)ccc1OC. The summed E-state index contributed by atoms with van der Waals surface area (Å²) in [6, 6.07) is 4.74. The molecule has 0 bridgehead atoms. The standard InChI is InChI=1S/C12H19N3O3/c1-14-15-12(16)10(13)7-8-6-9(17-2)4-5-11(8)18-3/h4-6,10,14H,7,13H2,1-3H3,(H,15,16). The van der Waals surface area contributed by atoms with Gasteiger partial charge in [-0.15, -0.1) is 0 Å². The van der Waals surface area contributed by atoms with Crippen LogP contribution < -0.4 is 26.1 Å². The molecular weight excluding hydrogens is 234 g/mol. The van der Waals surface area contributed by atoms with E-state index in [1.54, 1.807) is 33.4 Å². The van der Waals surface area contributed by atoms with Crippen LogP contribution >= 0.6 is 0 Å². The van der Waals surface area contributed by atoms with Crippen LogP contribution in [0, 0.1) is 0 Å². The molecule has 1 unspecified atom stereocenters. The normalized spacial score (nSPS) is 11.8. The van der Waals surface area contributed by atoms with Crippen molar-refractivity contribution in [1.82, 2.24) is 10.9 Å². The summed E-state index contributed by atoms with van der Waals surface area (Å²) >= 11 is 0. The van der Waals surface area contributed by atoms with E-state index in [0.29, 0.717) is 17.9 Å². The van der Waals surface area contributed by atoms with Crippen molar-refractivity contribution in [2.75, 3.05) is 21.3 Å². The third-order valence-corrected chi connectivity index (χ3v) is 2.51. The molecule has 18 heavy (non-hydrogen) atoms. The first-order chi connectivity index (χ1) is 8.62. The van der Waals surface area contributed by atoms with Gasteiger partial charge >= 0.3 is 0 Å². The smallest absolute Gasteiger partial charge is 0.251 e. The number of rotatable bonds is 6. The molecule has 0 aliphatic heterocycles. The molecule has 1 rings (SSSR count). The van der Waals surface area contributed by atoms with Crippen LogP contribution in [0.1, 0.15) is 5.56 Å². The Kier molecular flexibility index (Phi) is 5.41. The van der Waals surface area contributed by atoms with Crippen molar-refractivity contribution < 1.29 is 14.3 Å². The Morgan fingerprint density at radius 1 is 1.39 bits per heavy atom. The van der Waals surface area contributed by atoms with Crippen LogP contribution in [-0.4, -0.2) is 33.2 Å². The molecule has 0 saturated heterocycles. The summed E-state index contributed by atoms with van der Waals surface area (Å²) < 4.78 is 10.4. The molecule has 0 heterocycles. The van der Waals surface area contributed by atoms with Crippen molar-refractivity contribution in [3.05, 3.63) is 23.8 Å². The Hall–Kier alpha value is -1.79. The second kappa shape index (κ2) is 6.83. The topological polar surface area (TPSA) is 85.6 Å². The lowest BCUT2D eigenvalue weighted by molar-refractivity contribution is -0.123. The Labute approximate surface area is 106 Å². The van der Waals surface area contributed by atoms with Gasteiger partial charge in [0.25, 0.3) is 5.91 Å². The minimum absolute atomic E-state index is 0.276. The predicted octanol–water partition coefficient (Wildman–Crippen LogP) is -0.176. The van der Waals surface area contributed by atoms with Gasteiger partial charge < -0.3 is 15.2 Å². The lowest BCUT2D eigenvalue weighted by Crippen LogP contribution is -2.46. The molecular formula is C12H19N3O3. The third-order valence-electron chi connectivity index (χ3n) is 2.51. The molecule has 0 fully saturated rings. The van der Waals surface area contributed by atoms with Crippen LogP contribution in [0.2, 0.25) is 0 Å². The summed E-state index contributed by atoms with van der Waals surface area (Å²) in [4.78, 5) is 11.5. The van der Waals surface area contributed by atoms with Crippen molar-refractivity contribution in [3.8, 4) is 11.5 Å². The first kappa shape index (κ1) is 14.3. The van der Waals surface area contributed by atoms with Gasteiger partial charge in [-0.05, 0) is 23.8 Å². The molecule has 0 radical (unpaired) electrons. The maximum Gasteiger partial charge on any atom is 0.251 e. The lowest BCUT2D eigenvalue weighted by Gasteiger charge is -2.14. The highest BCUT2D eigenvalue weighted by molar-refractivity contribution is 5.81. The zero-order valence-corrected chi connectivity index (χ0v) is 10.8. The molecule has 1 atom stereocenters. The van der Waals surface area contributed by atoms with Gasteiger partial charge in [-0.25, -0.2) is 5.43 Å². The number of amides is 1. The van der Waals surface area contributed by atoms with Crippen molar-refractivity contribution in [3.63, 3.8) is 0 Å². The Balaban J connectivity index is 2.84. The Morgan fingerprint density at radius 3 is 2.67 bits per heavy atom. The maximum atomic E-state index is 11.5. The summed E-state index contributed by atoms with van der Waals surface area (Å²) in [5.74, 6) is 1.11. The molecule has 0 saturated carbocycles. The third kappa shape index (κ3) is 3.61. The van der Waals surface area contributed by atoms with E-state index in [1.807, 2.05) is 6.07 Å². The Bertz CT molecular complexity index is 410. The van der Waals surface area contributed by atoms with Crippen LogP contribution in [-0.2, 0) is 11.2 Å². The largest absolute Gasteiger partial charge is 0.497 e. The zero-order valence-electron chi connectivity index (χ0n) is 10.8. The van der Waals surface area contributed by atoms with Crippen LogP contribution in [0.15, 0.2) is 18.2 Å². The highest BCUT2D eigenvalue weighted by Crippen LogP contribution is 2.24. The average Bonchev–Trinajstić information content (AvgIpc) is 2.38. The van der Waals surface area contributed by atoms with E-state index < -0.39 is 6.04 Å². The van der Waals surface area contributed by atoms with E-state index in [0.717, 1.165) is 5.56 Å². The minimum Gasteiger partial charge on any atom is -0.497 e. The number of benzene rings is 1. The summed E-state index contributed by atoms with van der Waals surface area (Å²) in [7, 11) is 4.76. The van der Waals surface area contributed by atoms with E-state index >= 15 is 0 Å². The van der Waals surface area contributed by atoms with Crippen LogP contribution in [0.25, 0.3) is 0 Å². The molecule has 1 aromatic rings. The number of methoxy groups -OCH3 is 2. The predicted molar refractivity (Wildman–Crippen MR) is 68.4 cm³/mol. The number of hydrazine groups is 1. The molecule has 6 nitrogen and oxygen atoms in total. The number of carbonyl (C=O) groups excluding carboxylic acids is 1. The first-order valence-corrected chi connectivity index (χ1v) is 5.55. The van der Waals surface area contributed by atoms with Gasteiger partial charge in [0.15, 0.2) is 0 Å². The van der Waals surface area contributed by atoms with Gasteiger partial charge in [0.1, 0.15) is 11.5 Å². The quantitative estimate of drug-likeness (QED) is 0.613. The molecule has 1 aromatic carbocycles. The van der Waals surface area contributed by atoms with Gasteiger partial charge in [-0.1, -0.05) is 0 Å². The monoisotopic (exact) mass is 253 g/mol. The summed E-state index contributed by atoms with van der Waals surface area (Å²) in [6.07, 6.45) is 0.369. The van der Waals surface area contributed by atoms with Crippen molar-refractivity contribution in [1.29, 1.82) is 0 Å². The van der Waals surface area contributed by atoms with Gasteiger partial charge in [0, 0.05) is 13.5 Å². The number of nitrogens with one attached hydrogen (secondary N) is 2. The fourth-order valence-corrected chi connectivity index (χ4v) is 1.59. The molecule has 100 valence electrons. The van der Waals surface area contributed by atoms with Gasteiger partial charge in [-0.3, -0.25) is 10.2 Å². The number of hydrogen-bond acceptors (Lipinski definition) is 5. The second-order valence-corrected chi connectivity index (χ2v) is 3.73. The average molecular weight is 253 g/mol. The van der Waals surface area contributed by atoms with Gasteiger partial charge in [0.2, 0.25) is 0 Å². The summed E-state index contributed by atoms with van der Waals surface area (Å²) in [5.41, 5.74) is 11.6. The fourth-order valence-electron chi connectivity index (χ4n) is 1.59. The van der Waals surface area contributed by atoms with Crippen LogP contribution in [0.4, 0.5) is 0 Å². The zero-order chi connectivity index (χ0) is 13.5. The Morgan fingerprint density at radius 2 is 2.11 bits per heavy atom. The first-order valence-electron chi connectivity index (χ1n) is 5.55. The van der Waals surface area contributed by atoms with E-state index in [9.17, 15) is 4.79 Å². The second-order valence-electron chi connectivity index (χ2n) is 3.73. The molecule has 0 spiro atoms. The van der Waals surface area contributed by atoms with E-state index in [1.165, 1.54) is 0 Å². The van der Waals surface area contributed by atoms with E-state index in [4.69, 9.17) is 15.2 Å². The summed E-state index contributed by atoms with van der Waals surface area (Å²) in [5, 5.41) is 0. The van der Waals surface area contributed by atoms with Crippen LogP contribution in [0.3, 0.4) is 0 Å². The van der Waals surface area contributed by atoms with Crippen molar-refractivity contribution in [2.45, 2.75) is 12.5 Å². The highest BCUT2D eigenvalue weighted by Gasteiger charge is 2.16. The molecule has 6 heteroatoms. The lowest BCUT2D eigenvalue weighted by atomic mass is 10.0. The molecule has 0 aliphatic carbocycles. The number of hydrogen-bond donors (Lipinski definition) is 3. The highest BCUT2D eigenvalue weighted by atomic mass is 16.5. The van der Waals surface area contributed by atoms with E-state index in [2.05, 4.69) is 10.9 Å². The number of ether oxygens (including phenoxy) is 2. The summed E-state index contributed by atoms with van der Waals surface area (Å²) in [6.45, 7) is 0. The van der Waals surface area contributed by atoms with Crippen LogP contribution in [0.5, 0.6) is 11.5 Å².